The van der Waals surface area contributed by atoms with Gasteiger partial charge in [0.2, 0.25) is 5.91 Å². The van der Waals surface area contributed by atoms with Gasteiger partial charge in [-0.1, -0.05) is 6.07 Å². The van der Waals surface area contributed by atoms with Gasteiger partial charge in [0.15, 0.2) is 0 Å². The summed E-state index contributed by atoms with van der Waals surface area (Å²) in [5.41, 5.74) is 2.04. The topological polar surface area (TPSA) is 36.4 Å². The number of halogens is 1. The first-order chi connectivity index (χ1) is 13.7. The summed E-state index contributed by atoms with van der Waals surface area (Å²) in [4.78, 5) is 22.5. The van der Waals surface area contributed by atoms with E-state index < -0.39 is 0 Å². The zero-order valence-electron chi connectivity index (χ0n) is 15.2. The lowest BCUT2D eigenvalue weighted by atomic mass is 10.2. The summed E-state index contributed by atoms with van der Waals surface area (Å²) in [6, 6.07) is 10.7. The highest BCUT2D eigenvalue weighted by Gasteiger charge is 2.21. The van der Waals surface area contributed by atoms with E-state index >= 15 is 0 Å². The van der Waals surface area contributed by atoms with Crippen LogP contribution in [0.25, 0.3) is 9.88 Å². The molecule has 0 bridgehead atoms. The lowest BCUT2D eigenvalue weighted by molar-refractivity contribution is -0.128. The van der Waals surface area contributed by atoms with Gasteiger partial charge in [0.05, 0.1) is 16.3 Å². The SMILES string of the molecule is O=C(CSCc1csc(-c2cccs2)n1)N1CCN(c2ccc(F)cc2)CC1. The number of thiophene rings is 1. The largest absolute Gasteiger partial charge is 0.368 e. The first-order valence-electron chi connectivity index (χ1n) is 9.03. The molecule has 1 saturated heterocycles. The van der Waals surface area contributed by atoms with E-state index in [2.05, 4.69) is 26.7 Å². The number of nitrogens with zero attached hydrogens (tertiary/aromatic N) is 3. The molecule has 0 aliphatic carbocycles. The van der Waals surface area contributed by atoms with Crippen molar-refractivity contribution in [2.45, 2.75) is 5.75 Å². The van der Waals surface area contributed by atoms with Crippen LogP contribution >= 0.6 is 34.4 Å². The average molecular weight is 434 g/mol. The van der Waals surface area contributed by atoms with Crippen LogP contribution in [0.2, 0.25) is 0 Å². The quantitative estimate of drug-likeness (QED) is 0.570. The Morgan fingerprint density at radius 2 is 1.89 bits per heavy atom. The fraction of sp³-hybridized carbons (Fsp3) is 0.300. The normalized spacial score (nSPS) is 14.5. The minimum Gasteiger partial charge on any atom is -0.368 e. The molecule has 4 nitrogen and oxygen atoms in total. The minimum absolute atomic E-state index is 0.178. The molecule has 146 valence electrons. The first-order valence-corrected chi connectivity index (χ1v) is 11.9. The van der Waals surface area contributed by atoms with Crippen LogP contribution in [0.4, 0.5) is 10.1 Å². The Balaban J connectivity index is 1.21. The van der Waals surface area contributed by atoms with E-state index in [9.17, 15) is 9.18 Å². The molecule has 3 aromatic rings. The van der Waals surface area contributed by atoms with Gasteiger partial charge in [-0.25, -0.2) is 9.37 Å². The molecule has 1 aliphatic heterocycles. The van der Waals surface area contributed by atoms with Gasteiger partial charge >= 0.3 is 0 Å². The monoisotopic (exact) mass is 433 g/mol. The molecule has 3 heterocycles. The number of piperazine rings is 1. The van der Waals surface area contributed by atoms with Crippen molar-refractivity contribution < 1.29 is 9.18 Å². The lowest BCUT2D eigenvalue weighted by Crippen LogP contribution is -2.49. The number of hydrogen-bond acceptors (Lipinski definition) is 6. The van der Waals surface area contributed by atoms with Crippen molar-refractivity contribution in [3.63, 3.8) is 0 Å². The number of thioether (sulfide) groups is 1. The van der Waals surface area contributed by atoms with Gasteiger partial charge in [-0.05, 0) is 35.7 Å². The van der Waals surface area contributed by atoms with Crippen LogP contribution in [-0.2, 0) is 10.5 Å². The minimum atomic E-state index is -0.225. The molecule has 0 N–H and O–H groups in total. The van der Waals surface area contributed by atoms with Crippen LogP contribution in [0.1, 0.15) is 5.69 Å². The fourth-order valence-electron chi connectivity index (χ4n) is 3.09. The van der Waals surface area contributed by atoms with E-state index in [0.29, 0.717) is 18.8 Å². The molecule has 1 fully saturated rings. The maximum absolute atomic E-state index is 13.1. The molecule has 4 rings (SSSR count). The number of aromatic nitrogens is 1. The van der Waals surface area contributed by atoms with E-state index in [4.69, 9.17) is 0 Å². The Morgan fingerprint density at radius 1 is 1.11 bits per heavy atom. The number of benzene rings is 1. The summed E-state index contributed by atoms with van der Waals surface area (Å²) in [5.74, 6) is 1.18. The third-order valence-electron chi connectivity index (χ3n) is 4.58. The molecule has 0 radical (unpaired) electrons. The maximum Gasteiger partial charge on any atom is 0.232 e. The van der Waals surface area contributed by atoms with Crippen molar-refractivity contribution in [1.82, 2.24) is 9.88 Å². The second-order valence-electron chi connectivity index (χ2n) is 6.46. The maximum atomic E-state index is 13.1. The number of amides is 1. The molecule has 28 heavy (non-hydrogen) atoms. The number of thiazole rings is 1. The van der Waals surface area contributed by atoms with Crippen LogP contribution in [0.5, 0.6) is 0 Å². The highest BCUT2D eigenvalue weighted by Crippen LogP contribution is 2.29. The highest BCUT2D eigenvalue weighted by atomic mass is 32.2. The molecule has 1 amide bonds. The zero-order valence-corrected chi connectivity index (χ0v) is 17.7. The molecule has 0 spiro atoms. The molecular weight excluding hydrogens is 413 g/mol. The number of carbonyl (C=O) groups is 1. The summed E-state index contributed by atoms with van der Waals surface area (Å²) in [6.45, 7) is 2.96. The molecule has 8 heteroatoms. The van der Waals surface area contributed by atoms with Gasteiger partial charge in [-0.15, -0.1) is 34.4 Å². The summed E-state index contributed by atoms with van der Waals surface area (Å²) < 4.78 is 13.1. The summed E-state index contributed by atoms with van der Waals surface area (Å²) in [7, 11) is 0. The standard InChI is InChI=1S/C20H20FN3OS3/c21-15-3-5-17(6-4-15)23-7-9-24(10-8-23)19(25)14-26-12-16-13-28-20(22-16)18-2-1-11-27-18/h1-6,11,13H,7-10,12,14H2. The number of carbonyl (C=O) groups excluding carboxylic acids is 1. The number of anilines is 1. The van der Waals surface area contributed by atoms with Crippen molar-refractivity contribution in [3.8, 4) is 9.88 Å². The fourth-order valence-corrected chi connectivity index (χ4v) is 5.64. The van der Waals surface area contributed by atoms with Gasteiger partial charge in [0, 0.05) is 43.0 Å². The lowest BCUT2D eigenvalue weighted by Gasteiger charge is -2.36. The number of rotatable bonds is 6. The first kappa shape index (κ1) is 19.4. The average Bonchev–Trinajstić information content (AvgIpc) is 3.40. The Labute approximate surface area is 176 Å². The van der Waals surface area contributed by atoms with Crippen molar-refractivity contribution >= 4 is 46.0 Å². The van der Waals surface area contributed by atoms with E-state index in [-0.39, 0.29) is 11.7 Å². The van der Waals surface area contributed by atoms with Gasteiger partial charge in [-0.3, -0.25) is 4.79 Å². The third kappa shape index (κ3) is 4.74. The summed E-state index contributed by atoms with van der Waals surface area (Å²) >= 11 is 4.97. The van der Waals surface area contributed by atoms with Crippen molar-refractivity contribution in [1.29, 1.82) is 0 Å². The second kappa shape index (κ2) is 9.07. The van der Waals surface area contributed by atoms with Crippen molar-refractivity contribution in [2.75, 3.05) is 36.8 Å². The van der Waals surface area contributed by atoms with Crippen molar-refractivity contribution in [2.24, 2.45) is 0 Å². The predicted octanol–water partition coefficient (Wildman–Crippen LogP) is 4.59. The molecule has 1 aromatic carbocycles. The van der Waals surface area contributed by atoms with Gasteiger partial charge in [0.25, 0.3) is 0 Å². The van der Waals surface area contributed by atoms with Gasteiger partial charge in [-0.2, -0.15) is 0 Å². The van der Waals surface area contributed by atoms with Crippen molar-refractivity contribution in [3.05, 3.63) is 58.7 Å². The Morgan fingerprint density at radius 3 is 2.61 bits per heavy atom. The summed E-state index contributed by atoms with van der Waals surface area (Å²) in [5, 5.41) is 5.18. The van der Waals surface area contributed by atoms with Crippen LogP contribution in [-0.4, -0.2) is 47.7 Å². The zero-order chi connectivity index (χ0) is 19.3. The molecule has 2 aromatic heterocycles. The van der Waals surface area contributed by atoms with E-state index in [1.54, 1.807) is 46.6 Å². The predicted molar refractivity (Wildman–Crippen MR) is 117 cm³/mol. The molecular formula is C20H20FN3OS3. The number of hydrogen-bond donors (Lipinski definition) is 0. The van der Waals surface area contributed by atoms with Crippen LogP contribution in [0.15, 0.2) is 47.2 Å². The van der Waals surface area contributed by atoms with E-state index in [1.807, 2.05) is 11.0 Å². The molecule has 1 aliphatic rings. The van der Waals surface area contributed by atoms with Crippen LogP contribution in [0.3, 0.4) is 0 Å². The Kier molecular flexibility index (Phi) is 6.29. The summed E-state index contributed by atoms with van der Waals surface area (Å²) in [6.07, 6.45) is 0. The Bertz CT molecular complexity index is 903. The van der Waals surface area contributed by atoms with E-state index in [0.717, 1.165) is 35.2 Å². The smallest absolute Gasteiger partial charge is 0.232 e. The molecule has 0 unspecified atom stereocenters. The molecule has 0 atom stereocenters. The molecule has 0 saturated carbocycles. The third-order valence-corrected chi connectivity index (χ3v) is 7.46. The Hall–Kier alpha value is -1.90. The van der Waals surface area contributed by atoms with Gasteiger partial charge in [0.1, 0.15) is 10.8 Å². The van der Waals surface area contributed by atoms with Crippen LogP contribution < -0.4 is 4.90 Å². The van der Waals surface area contributed by atoms with E-state index in [1.165, 1.54) is 17.0 Å². The highest BCUT2D eigenvalue weighted by molar-refractivity contribution is 7.99. The second-order valence-corrected chi connectivity index (χ2v) is 9.25. The van der Waals surface area contributed by atoms with Gasteiger partial charge < -0.3 is 9.80 Å². The van der Waals surface area contributed by atoms with Crippen LogP contribution in [0, 0.1) is 5.82 Å².